The van der Waals surface area contributed by atoms with E-state index < -0.39 is 0 Å². The molecule has 0 aliphatic carbocycles. The van der Waals surface area contributed by atoms with Gasteiger partial charge in [-0.05, 0) is 0 Å². The lowest BCUT2D eigenvalue weighted by Crippen LogP contribution is -2.19. The van der Waals surface area contributed by atoms with Gasteiger partial charge in [-0.1, -0.05) is 11.6 Å². The van der Waals surface area contributed by atoms with Gasteiger partial charge in [-0.2, -0.15) is 0 Å². The zero-order chi connectivity index (χ0) is 9.97. The summed E-state index contributed by atoms with van der Waals surface area (Å²) in [6, 6.07) is 1.29. The normalized spacial score (nSPS) is 10.4. The molecule has 2 aromatic heterocycles. The van der Waals surface area contributed by atoms with Gasteiger partial charge in [0.05, 0.1) is 24.1 Å². The van der Waals surface area contributed by atoms with Gasteiger partial charge < -0.3 is 0 Å². The van der Waals surface area contributed by atoms with Crippen molar-refractivity contribution in [2.24, 2.45) is 0 Å². The van der Waals surface area contributed by atoms with Crippen LogP contribution in [0, 0.1) is 0 Å². The molecule has 4 nitrogen and oxygen atoms in total. The molecule has 0 bridgehead atoms. The molecular formula is C8H6ClN3OS. The lowest BCUT2D eigenvalue weighted by molar-refractivity contribution is 0.723. The summed E-state index contributed by atoms with van der Waals surface area (Å²) in [6.07, 6.45) is 1.42. The van der Waals surface area contributed by atoms with Crippen molar-refractivity contribution in [3.05, 3.63) is 44.5 Å². The number of thiazole rings is 1. The van der Waals surface area contributed by atoms with Crippen LogP contribution in [0.3, 0.4) is 0 Å². The number of halogens is 1. The molecule has 72 valence electrons. The first-order chi connectivity index (χ1) is 6.75. The third-order valence-corrected chi connectivity index (χ3v) is 2.50. The zero-order valence-corrected chi connectivity index (χ0v) is 8.63. The molecule has 2 rings (SSSR count). The Morgan fingerprint density at radius 2 is 2.36 bits per heavy atom. The molecule has 0 amide bonds. The van der Waals surface area contributed by atoms with Gasteiger partial charge in [-0.3, -0.25) is 9.36 Å². The molecule has 2 aromatic rings. The maximum atomic E-state index is 11.4. The van der Waals surface area contributed by atoms with Crippen LogP contribution in [-0.2, 0) is 6.54 Å². The number of hydrogen-bond acceptors (Lipinski definition) is 4. The monoisotopic (exact) mass is 227 g/mol. The van der Waals surface area contributed by atoms with Crippen molar-refractivity contribution in [2.45, 2.75) is 6.54 Å². The topological polar surface area (TPSA) is 47.8 Å². The standard InChI is InChI=1S/C8H6ClN3OS/c9-7-1-8(13)12(4-10-7)2-6-3-14-5-11-6/h1,3-5H,2H2. The zero-order valence-electron chi connectivity index (χ0n) is 7.05. The molecule has 0 radical (unpaired) electrons. The van der Waals surface area contributed by atoms with Crippen LogP contribution in [0.4, 0.5) is 0 Å². The minimum atomic E-state index is -0.169. The summed E-state index contributed by atoms with van der Waals surface area (Å²) in [5, 5.41) is 2.10. The Morgan fingerprint density at radius 1 is 1.50 bits per heavy atom. The van der Waals surface area contributed by atoms with Gasteiger partial charge in [-0.15, -0.1) is 11.3 Å². The second kappa shape index (κ2) is 3.89. The van der Waals surface area contributed by atoms with Gasteiger partial charge in [0.25, 0.3) is 5.56 Å². The number of rotatable bonds is 2. The number of hydrogen-bond donors (Lipinski definition) is 0. The highest BCUT2D eigenvalue weighted by molar-refractivity contribution is 7.07. The average molecular weight is 228 g/mol. The van der Waals surface area contributed by atoms with Crippen LogP contribution in [0.2, 0.25) is 5.15 Å². The van der Waals surface area contributed by atoms with E-state index in [1.807, 2.05) is 5.38 Å². The van der Waals surface area contributed by atoms with Crippen LogP contribution in [0.15, 0.2) is 28.1 Å². The first-order valence-electron chi connectivity index (χ1n) is 3.85. The molecule has 0 N–H and O–H groups in total. The van der Waals surface area contributed by atoms with Crippen LogP contribution in [0.1, 0.15) is 5.69 Å². The first-order valence-corrected chi connectivity index (χ1v) is 5.17. The SMILES string of the molecule is O=c1cc(Cl)ncn1Cc1cscn1. The molecule has 2 heterocycles. The van der Waals surface area contributed by atoms with Gasteiger partial charge in [0.2, 0.25) is 0 Å². The summed E-state index contributed by atoms with van der Waals surface area (Å²) < 4.78 is 1.46. The molecule has 6 heteroatoms. The third-order valence-electron chi connectivity index (χ3n) is 1.66. The second-order valence-corrected chi connectivity index (χ2v) is 3.76. The Bertz CT molecular complexity index is 480. The van der Waals surface area contributed by atoms with Gasteiger partial charge in [-0.25, -0.2) is 9.97 Å². The maximum Gasteiger partial charge on any atom is 0.255 e. The predicted molar refractivity (Wildman–Crippen MR) is 54.7 cm³/mol. The summed E-state index contributed by atoms with van der Waals surface area (Å²) >= 11 is 7.06. The fraction of sp³-hybridized carbons (Fsp3) is 0.125. The van der Waals surface area contributed by atoms with Crippen LogP contribution in [-0.4, -0.2) is 14.5 Å². The van der Waals surface area contributed by atoms with E-state index in [0.29, 0.717) is 6.54 Å². The van der Waals surface area contributed by atoms with Gasteiger partial charge in [0, 0.05) is 11.4 Å². The quantitative estimate of drug-likeness (QED) is 0.729. The molecule has 0 saturated heterocycles. The predicted octanol–water partition coefficient (Wildman–Crippen LogP) is 1.40. The molecular weight excluding hydrogens is 222 g/mol. The van der Waals surface area contributed by atoms with Crippen molar-refractivity contribution in [1.29, 1.82) is 0 Å². The Kier molecular flexibility index (Phi) is 2.60. The minimum Gasteiger partial charge on any atom is -0.293 e. The Labute approximate surface area is 88.8 Å². The van der Waals surface area contributed by atoms with Gasteiger partial charge in [0.1, 0.15) is 5.15 Å². The summed E-state index contributed by atoms with van der Waals surface area (Å²) in [4.78, 5) is 19.3. The highest BCUT2D eigenvalue weighted by atomic mass is 35.5. The molecule has 0 fully saturated rings. The fourth-order valence-electron chi connectivity index (χ4n) is 1.01. The minimum absolute atomic E-state index is 0.169. The van der Waals surface area contributed by atoms with Crippen LogP contribution in [0.5, 0.6) is 0 Å². The van der Waals surface area contributed by atoms with E-state index in [-0.39, 0.29) is 10.7 Å². The maximum absolute atomic E-state index is 11.4. The van der Waals surface area contributed by atoms with Crippen molar-refractivity contribution < 1.29 is 0 Å². The summed E-state index contributed by atoms with van der Waals surface area (Å²) in [5.74, 6) is 0. The van der Waals surface area contributed by atoms with Crippen LogP contribution < -0.4 is 5.56 Å². The van der Waals surface area contributed by atoms with Gasteiger partial charge in [0.15, 0.2) is 0 Å². The van der Waals surface area contributed by atoms with E-state index in [1.54, 1.807) is 5.51 Å². The van der Waals surface area contributed by atoms with Gasteiger partial charge >= 0.3 is 0 Å². The summed E-state index contributed by atoms with van der Waals surface area (Å²) in [7, 11) is 0. The third kappa shape index (κ3) is 2.00. The summed E-state index contributed by atoms with van der Waals surface area (Å²) in [5.41, 5.74) is 2.41. The lowest BCUT2D eigenvalue weighted by atomic mass is 10.5. The van der Waals surface area contributed by atoms with Crippen LogP contribution >= 0.6 is 22.9 Å². The van der Waals surface area contributed by atoms with E-state index in [4.69, 9.17) is 11.6 Å². The molecule has 0 aromatic carbocycles. The van der Waals surface area contributed by atoms with E-state index in [2.05, 4.69) is 9.97 Å². The van der Waals surface area contributed by atoms with Crippen molar-refractivity contribution >= 4 is 22.9 Å². The second-order valence-electron chi connectivity index (χ2n) is 2.66. The highest BCUT2D eigenvalue weighted by Gasteiger charge is 2.00. The molecule has 0 aliphatic rings. The lowest BCUT2D eigenvalue weighted by Gasteiger charge is -2.01. The number of nitrogens with zero attached hydrogens (tertiary/aromatic N) is 3. The summed E-state index contributed by atoms with van der Waals surface area (Å²) in [6.45, 7) is 0.437. The van der Waals surface area contributed by atoms with Crippen molar-refractivity contribution in [3.63, 3.8) is 0 Å². The molecule has 0 unspecified atom stereocenters. The van der Waals surface area contributed by atoms with E-state index >= 15 is 0 Å². The molecule has 0 saturated carbocycles. The molecule has 0 aliphatic heterocycles. The fourth-order valence-corrected chi connectivity index (χ4v) is 1.70. The Hall–Kier alpha value is -1.20. The van der Waals surface area contributed by atoms with E-state index in [1.165, 1.54) is 28.3 Å². The number of aromatic nitrogens is 3. The van der Waals surface area contributed by atoms with Crippen molar-refractivity contribution in [3.8, 4) is 0 Å². The molecule has 14 heavy (non-hydrogen) atoms. The smallest absolute Gasteiger partial charge is 0.255 e. The first kappa shape index (κ1) is 9.36. The molecule has 0 spiro atoms. The van der Waals surface area contributed by atoms with E-state index in [9.17, 15) is 4.79 Å². The Balaban J connectivity index is 2.30. The van der Waals surface area contributed by atoms with Crippen molar-refractivity contribution in [2.75, 3.05) is 0 Å². The van der Waals surface area contributed by atoms with E-state index in [0.717, 1.165) is 5.69 Å². The molecule has 0 atom stereocenters. The largest absolute Gasteiger partial charge is 0.293 e. The average Bonchev–Trinajstić information content (AvgIpc) is 2.62. The highest BCUT2D eigenvalue weighted by Crippen LogP contribution is 2.03. The van der Waals surface area contributed by atoms with Crippen LogP contribution in [0.25, 0.3) is 0 Å². The van der Waals surface area contributed by atoms with Crippen molar-refractivity contribution in [1.82, 2.24) is 14.5 Å². The Morgan fingerprint density at radius 3 is 3.00 bits per heavy atom.